The molecule has 5 aromatic rings. The molecule has 0 aliphatic carbocycles. The average molecular weight is 708 g/mol. The summed E-state index contributed by atoms with van der Waals surface area (Å²) in [6.07, 6.45) is 0. The van der Waals surface area contributed by atoms with Gasteiger partial charge < -0.3 is 10.2 Å². The number of hydrogen-bond acceptors (Lipinski definition) is 9. The van der Waals surface area contributed by atoms with Crippen molar-refractivity contribution in [3.05, 3.63) is 149 Å². The molecule has 0 bridgehead atoms. The molecule has 12 heteroatoms. The Morgan fingerprint density at radius 3 is 2.16 bits per heavy atom. The Morgan fingerprint density at radius 2 is 1.46 bits per heavy atom. The maximum absolute atomic E-state index is 13.1. The van der Waals surface area contributed by atoms with Crippen LogP contribution >= 0.6 is 11.8 Å². The Labute approximate surface area is 296 Å². The van der Waals surface area contributed by atoms with Gasteiger partial charge in [-0.15, -0.1) is 11.8 Å². The van der Waals surface area contributed by atoms with Gasteiger partial charge in [-0.3, -0.25) is 19.8 Å². The van der Waals surface area contributed by atoms with Crippen LogP contribution in [0.25, 0.3) is 11.1 Å². The Balaban J connectivity index is 1.03. The number of nitro groups is 1. The summed E-state index contributed by atoms with van der Waals surface area (Å²) in [5, 5.41) is 14.8. The van der Waals surface area contributed by atoms with Crippen LogP contribution in [0.1, 0.15) is 15.9 Å². The molecule has 1 saturated heterocycles. The summed E-state index contributed by atoms with van der Waals surface area (Å²) in [4.78, 5) is 29.5. The average Bonchev–Trinajstić information content (AvgIpc) is 3.14. The minimum absolute atomic E-state index is 0.164. The van der Waals surface area contributed by atoms with Gasteiger partial charge in [-0.1, -0.05) is 72.8 Å². The number of thioether (sulfide) groups is 1. The lowest BCUT2D eigenvalue weighted by Gasteiger charge is -2.36. The lowest BCUT2D eigenvalue weighted by molar-refractivity contribution is -0.384. The number of carbonyl (C=O) groups excluding carboxylic acids is 1. The van der Waals surface area contributed by atoms with Crippen molar-refractivity contribution in [1.29, 1.82) is 0 Å². The van der Waals surface area contributed by atoms with Crippen molar-refractivity contribution in [2.24, 2.45) is 0 Å². The predicted octanol–water partition coefficient (Wildman–Crippen LogP) is 6.91. The van der Waals surface area contributed by atoms with Crippen LogP contribution in [0.4, 0.5) is 17.1 Å². The number of anilines is 2. The number of rotatable bonds is 13. The molecule has 1 aliphatic rings. The molecule has 0 spiro atoms. The highest BCUT2D eigenvalue weighted by molar-refractivity contribution is 7.99. The third-order valence-corrected chi connectivity index (χ3v) is 10.8. The van der Waals surface area contributed by atoms with E-state index in [4.69, 9.17) is 0 Å². The number of piperazine rings is 1. The van der Waals surface area contributed by atoms with Gasteiger partial charge in [-0.2, -0.15) is 0 Å². The quantitative estimate of drug-likeness (QED) is 0.0582. The van der Waals surface area contributed by atoms with Crippen LogP contribution in [-0.2, 0) is 16.6 Å². The molecule has 0 saturated carbocycles. The molecule has 5 aromatic carbocycles. The number of carbonyl (C=O) groups is 1. The van der Waals surface area contributed by atoms with E-state index in [1.807, 2.05) is 48.5 Å². The van der Waals surface area contributed by atoms with E-state index in [1.54, 1.807) is 23.9 Å². The van der Waals surface area contributed by atoms with Crippen LogP contribution in [-0.4, -0.2) is 62.6 Å². The molecule has 2 N–H and O–H groups in total. The molecule has 6 rings (SSSR count). The van der Waals surface area contributed by atoms with E-state index in [-0.39, 0.29) is 16.1 Å². The van der Waals surface area contributed by atoms with Gasteiger partial charge in [0.2, 0.25) is 0 Å². The first-order valence-electron chi connectivity index (χ1n) is 16.2. The van der Waals surface area contributed by atoms with Gasteiger partial charge >= 0.3 is 0 Å². The van der Waals surface area contributed by atoms with Crippen LogP contribution in [0, 0.1) is 10.1 Å². The van der Waals surface area contributed by atoms with Crippen LogP contribution < -0.4 is 14.9 Å². The molecule has 0 atom stereocenters. The van der Waals surface area contributed by atoms with Crippen molar-refractivity contribution in [3.63, 3.8) is 0 Å². The molecular weight excluding hydrogens is 671 g/mol. The fourth-order valence-corrected chi connectivity index (χ4v) is 7.66. The molecular formula is C38H37N5O5S2. The van der Waals surface area contributed by atoms with Gasteiger partial charge in [0.25, 0.3) is 21.6 Å². The van der Waals surface area contributed by atoms with Crippen LogP contribution in [0.3, 0.4) is 0 Å². The molecule has 0 radical (unpaired) electrons. The predicted molar refractivity (Wildman–Crippen MR) is 199 cm³/mol. The first-order valence-corrected chi connectivity index (χ1v) is 18.7. The second-order valence-corrected chi connectivity index (χ2v) is 14.6. The van der Waals surface area contributed by atoms with Gasteiger partial charge in [-0.25, -0.2) is 13.1 Å². The number of sulfonamides is 1. The van der Waals surface area contributed by atoms with Crippen molar-refractivity contribution in [2.75, 3.05) is 48.7 Å². The second kappa shape index (κ2) is 16.0. The van der Waals surface area contributed by atoms with Gasteiger partial charge in [0.15, 0.2) is 0 Å². The normalized spacial score (nSPS) is 13.5. The molecule has 0 aromatic heterocycles. The number of nitrogens with zero attached hydrogens (tertiary/aromatic N) is 3. The van der Waals surface area contributed by atoms with E-state index in [1.165, 1.54) is 28.8 Å². The van der Waals surface area contributed by atoms with E-state index < -0.39 is 26.5 Å². The third-order valence-electron chi connectivity index (χ3n) is 8.50. The maximum Gasteiger partial charge on any atom is 0.293 e. The third kappa shape index (κ3) is 8.70. The fourth-order valence-electron chi connectivity index (χ4n) is 5.88. The SMILES string of the molecule is O=C(NS(=O)(=O)c1ccc(NCCSc2ccccc2)c([N+](=O)[O-])c1)c1ccc(N2CCN(Cc3ccccc3-c3ccccc3)CC2)cc1. The molecule has 10 nitrogen and oxygen atoms in total. The lowest BCUT2D eigenvalue weighted by Crippen LogP contribution is -2.46. The Bertz CT molecular complexity index is 2040. The van der Waals surface area contributed by atoms with E-state index in [0.717, 1.165) is 49.4 Å². The summed E-state index contributed by atoms with van der Waals surface area (Å²) >= 11 is 1.59. The molecule has 1 heterocycles. The first-order chi connectivity index (χ1) is 24.3. The monoisotopic (exact) mass is 707 g/mol. The Kier molecular flexibility index (Phi) is 11.1. The second-order valence-electron chi connectivity index (χ2n) is 11.8. The minimum Gasteiger partial charge on any atom is -0.379 e. The van der Waals surface area contributed by atoms with E-state index in [2.05, 4.69) is 68.4 Å². The zero-order valence-electron chi connectivity index (χ0n) is 27.3. The molecule has 1 aliphatic heterocycles. The summed E-state index contributed by atoms with van der Waals surface area (Å²) in [7, 11) is -4.38. The molecule has 1 amide bonds. The van der Waals surface area contributed by atoms with Crippen LogP contribution in [0.2, 0.25) is 0 Å². The molecule has 1 fully saturated rings. The van der Waals surface area contributed by atoms with Gasteiger partial charge in [0.1, 0.15) is 5.69 Å². The Morgan fingerprint density at radius 1 is 0.800 bits per heavy atom. The number of nitro benzene ring substituents is 1. The topological polar surface area (TPSA) is 125 Å². The highest BCUT2D eigenvalue weighted by Crippen LogP contribution is 2.29. The van der Waals surface area contributed by atoms with E-state index in [9.17, 15) is 23.3 Å². The highest BCUT2D eigenvalue weighted by atomic mass is 32.2. The summed E-state index contributed by atoms with van der Waals surface area (Å²) in [5.74, 6) is -0.169. The first kappa shape index (κ1) is 34.7. The standard InChI is InChI=1S/C38H37N5O5S2/c44-38(40-50(47,48)34-19-20-36(37(27-34)43(45)46)39-21-26-49-33-12-5-2-6-13-33)30-15-17-32(18-16-30)42-24-22-41(23-25-42)28-31-11-7-8-14-35(31)29-9-3-1-4-10-29/h1-20,27,39H,21-26,28H2,(H,40,44). The number of benzene rings is 5. The summed E-state index contributed by atoms with van der Waals surface area (Å²) in [5.41, 5.74) is 4.63. The van der Waals surface area contributed by atoms with Crippen molar-refractivity contribution in [2.45, 2.75) is 16.3 Å². The van der Waals surface area contributed by atoms with Crippen molar-refractivity contribution < 1.29 is 18.1 Å². The smallest absolute Gasteiger partial charge is 0.293 e. The highest BCUT2D eigenvalue weighted by Gasteiger charge is 2.24. The zero-order valence-corrected chi connectivity index (χ0v) is 28.9. The summed E-state index contributed by atoms with van der Waals surface area (Å²) in [6.45, 7) is 4.64. The van der Waals surface area contributed by atoms with Gasteiger partial charge in [0, 0.05) is 67.2 Å². The molecule has 0 unspecified atom stereocenters. The minimum atomic E-state index is -4.38. The van der Waals surface area contributed by atoms with Gasteiger partial charge in [0.05, 0.1) is 9.82 Å². The Hall–Kier alpha value is -5.17. The number of amides is 1. The fraction of sp³-hybridized carbons (Fsp3) is 0.184. The van der Waals surface area contributed by atoms with Crippen molar-refractivity contribution >= 4 is 44.8 Å². The van der Waals surface area contributed by atoms with Crippen molar-refractivity contribution in [3.8, 4) is 11.1 Å². The van der Waals surface area contributed by atoms with Crippen LogP contribution in [0.15, 0.2) is 137 Å². The van der Waals surface area contributed by atoms with E-state index in [0.29, 0.717) is 12.3 Å². The maximum atomic E-state index is 13.1. The summed E-state index contributed by atoms with van der Waals surface area (Å²) in [6, 6.07) is 39.0. The largest absolute Gasteiger partial charge is 0.379 e. The van der Waals surface area contributed by atoms with E-state index >= 15 is 0 Å². The number of hydrogen-bond donors (Lipinski definition) is 2. The van der Waals surface area contributed by atoms with Crippen LogP contribution in [0.5, 0.6) is 0 Å². The number of nitrogens with one attached hydrogen (secondary N) is 2. The zero-order chi connectivity index (χ0) is 34.9. The molecule has 50 heavy (non-hydrogen) atoms. The molecule has 256 valence electrons. The van der Waals surface area contributed by atoms with Gasteiger partial charge in [-0.05, 0) is 65.2 Å². The van der Waals surface area contributed by atoms with Crippen molar-refractivity contribution in [1.82, 2.24) is 9.62 Å². The lowest BCUT2D eigenvalue weighted by atomic mass is 9.99. The summed E-state index contributed by atoms with van der Waals surface area (Å²) < 4.78 is 28.3.